The molecule has 0 radical (unpaired) electrons. The lowest BCUT2D eigenvalue weighted by molar-refractivity contribution is 0.568. The lowest BCUT2D eigenvalue weighted by Crippen LogP contribution is -2.07. The number of halogens is 1. The molecule has 2 nitrogen and oxygen atoms in total. The van der Waals surface area contributed by atoms with Crippen LogP contribution in [0.15, 0.2) is 18.2 Å². The number of hydrogen-bond donors (Lipinski definition) is 1. The van der Waals surface area contributed by atoms with Gasteiger partial charge in [-0.15, -0.1) is 0 Å². The van der Waals surface area contributed by atoms with Gasteiger partial charge in [0, 0.05) is 11.8 Å². The monoisotopic (exact) mass is 254 g/mol. The van der Waals surface area contributed by atoms with Crippen molar-refractivity contribution in [3.63, 3.8) is 0 Å². The first-order valence-corrected chi connectivity index (χ1v) is 6.80. The maximum Gasteiger partial charge on any atom is 0.178 e. The smallest absolute Gasteiger partial charge is 0.178 e. The fourth-order valence-corrected chi connectivity index (χ4v) is 3.74. The SMILES string of the molecule is Fc1cccc2c1[nH]c(=S)n2C1CCSC1. The number of benzene rings is 1. The van der Waals surface area contributed by atoms with Crippen molar-refractivity contribution < 1.29 is 4.39 Å². The van der Waals surface area contributed by atoms with Crippen LogP contribution in [-0.4, -0.2) is 21.1 Å². The summed E-state index contributed by atoms with van der Waals surface area (Å²) in [5.41, 5.74) is 1.42. The first-order chi connectivity index (χ1) is 7.77. The summed E-state index contributed by atoms with van der Waals surface area (Å²) in [5.74, 6) is 2.00. The fourth-order valence-electron chi connectivity index (χ4n) is 2.20. The predicted molar refractivity (Wildman–Crippen MR) is 68.1 cm³/mol. The average Bonchev–Trinajstić information content (AvgIpc) is 2.85. The lowest BCUT2D eigenvalue weighted by atomic mass is 10.2. The van der Waals surface area contributed by atoms with Gasteiger partial charge in [-0.05, 0) is 36.5 Å². The Labute approximate surface area is 102 Å². The first-order valence-electron chi connectivity index (χ1n) is 5.24. The van der Waals surface area contributed by atoms with Crippen molar-refractivity contribution in [2.24, 2.45) is 0 Å². The van der Waals surface area contributed by atoms with E-state index in [2.05, 4.69) is 9.55 Å². The zero-order valence-electron chi connectivity index (χ0n) is 8.57. The minimum atomic E-state index is -0.229. The number of aromatic nitrogens is 2. The highest BCUT2D eigenvalue weighted by Gasteiger charge is 2.20. The Kier molecular flexibility index (Phi) is 2.52. The van der Waals surface area contributed by atoms with Gasteiger partial charge in [-0.1, -0.05) is 6.07 Å². The van der Waals surface area contributed by atoms with E-state index in [4.69, 9.17) is 12.2 Å². The molecule has 1 aromatic carbocycles. The van der Waals surface area contributed by atoms with Gasteiger partial charge in [0.1, 0.15) is 11.3 Å². The van der Waals surface area contributed by atoms with Crippen LogP contribution in [0.2, 0.25) is 0 Å². The second-order valence-electron chi connectivity index (χ2n) is 3.95. The van der Waals surface area contributed by atoms with Crippen LogP contribution >= 0.6 is 24.0 Å². The summed E-state index contributed by atoms with van der Waals surface area (Å²) in [6.07, 6.45) is 1.11. The number of rotatable bonds is 1. The van der Waals surface area contributed by atoms with Crippen molar-refractivity contribution >= 4 is 35.0 Å². The second kappa shape index (κ2) is 3.89. The number of para-hydroxylation sites is 1. The average molecular weight is 254 g/mol. The van der Waals surface area contributed by atoms with Crippen LogP contribution in [0, 0.1) is 10.6 Å². The highest BCUT2D eigenvalue weighted by Crippen LogP contribution is 2.31. The second-order valence-corrected chi connectivity index (χ2v) is 5.49. The Morgan fingerprint density at radius 3 is 3.12 bits per heavy atom. The van der Waals surface area contributed by atoms with Crippen molar-refractivity contribution in [1.82, 2.24) is 9.55 Å². The molecular formula is C11H11FN2S2. The molecule has 1 atom stereocenters. The number of nitrogens with one attached hydrogen (secondary N) is 1. The van der Waals surface area contributed by atoms with Gasteiger partial charge in [0.05, 0.1) is 5.52 Å². The third kappa shape index (κ3) is 1.50. The lowest BCUT2D eigenvalue weighted by Gasteiger charge is -2.11. The van der Waals surface area contributed by atoms with Crippen molar-refractivity contribution in [3.8, 4) is 0 Å². The Morgan fingerprint density at radius 1 is 1.50 bits per heavy atom. The molecule has 0 saturated carbocycles. The Morgan fingerprint density at radius 2 is 2.38 bits per heavy atom. The minimum absolute atomic E-state index is 0.229. The molecule has 1 saturated heterocycles. The molecule has 1 N–H and O–H groups in total. The third-order valence-corrected chi connectivity index (χ3v) is 4.42. The molecule has 3 rings (SSSR count). The standard InChI is InChI=1S/C11H11FN2S2/c12-8-2-1-3-9-10(8)13-11(15)14(9)7-4-5-16-6-7/h1-3,7H,4-6H2,(H,13,15). The normalized spacial score (nSPS) is 20.7. The van der Waals surface area contributed by atoms with Gasteiger partial charge in [-0.3, -0.25) is 0 Å². The summed E-state index contributed by atoms with van der Waals surface area (Å²) in [6.45, 7) is 0. The number of aromatic amines is 1. The van der Waals surface area contributed by atoms with E-state index in [-0.39, 0.29) is 5.82 Å². The molecule has 0 bridgehead atoms. The summed E-state index contributed by atoms with van der Waals surface area (Å²) < 4.78 is 16.3. The third-order valence-electron chi connectivity index (χ3n) is 2.97. The van der Waals surface area contributed by atoms with Gasteiger partial charge >= 0.3 is 0 Å². The molecule has 2 aromatic rings. The number of H-pyrrole nitrogens is 1. The molecule has 0 amide bonds. The van der Waals surface area contributed by atoms with Gasteiger partial charge in [-0.25, -0.2) is 4.39 Å². The van der Waals surface area contributed by atoms with Crippen LogP contribution in [0.3, 0.4) is 0 Å². The molecule has 1 unspecified atom stereocenters. The van der Waals surface area contributed by atoms with E-state index in [1.165, 1.54) is 6.07 Å². The van der Waals surface area contributed by atoms with Crippen LogP contribution in [0.5, 0.6) is 0 Å². The quantitative estimate of drug-likeness (QED) is 0.786. The van der Waals surface area contributed by atoms with Crippen molar-refractivity contribution in [2.45, 2.75) is 12.5 Å². The largest absolute Gasteiger partial charge is 0.328 e. The van der Waals surface area contributed by atoms with Crippen molar-refractivity contribution in [2.75, 3.05) is 11.5 Å². The number of fused-ring (bicyclic) bond motifs is 1. The van der Waals surface area contributed by atoms with E-state index in [1.54, 1.807) is 6.07 Å². The van der Waals surface area contributed by atoms with Crippen LogP contribution in [0.4, 0.5) is 4.39 Å². The molecule has 0 aliphatic carbocycles. The van der Waals surface area contributed by atoms with E-state index in [9.17, 15) is 4.39 Å². The first kappa shape index (κ1) is 10.4. The molecular weight excluding hydrogens is 243 g/mol. The van der Waals surface area contributed by atoms with E-state index in [0.717, 1.165) is 23.4 Å². The predicted octanol–water partition coefficient (Wildman–Crippen LogP) is 3.52. The summed E-state index contributed by atoms with van der Waals surface area (Å²) >= 11 is 7.21. The summed E-state index contributed by atoms with van der Waals surface area (Å²) in [6, 6.07) is 5.53. The van der Waals surface area contributed by atoms with Crippen LogP contribution in [0.1, 0.15) is 12.5 Å². The van der Waals surface area contributed by atoms with Crippen LogP contribution in [-0.2, 0) is 0 Å². The van der Waals surface area contributed by atoms with Crippen LogP contribution < -0.4 is 0 Å². The Hall–Kier alpha value is -0.810. The number of thioether (sulfide) groups is 1. The van der Waals surface area contributed by atoms with E-state index >= 15 is 0 Å². The van der Waals surface area contributed by atoms with E-state index in [0.29, 0.717) is 16.3 Å². The Balaban J connectivity index is 2.27. The minimum Gasteiger partial charge on any atom is -0.328 e. The van der Waals surface area contributed by atoms with Gasteiger partial charge < -0.3 is 9.55 Å². The zero-order chi connectivity index (χ0) is 11.1. The van der Waals surface area contributed by atoms with Crippen LogP contribution in [0.25, 0.3) is 11.0 Å². The number of nitrogens with zero attached hydrogens (tertiary/aromatic N) is 1. The number of imidazole rings is 1. The fraction of sp³-hybridized carbons (Fsp3) is 0.364. The highest BCUT2D eigenvalue weighted by molar-refractivity contribution is 7.99. The molecule has 1 aromatic heterocycles. The molecule has 0 spiro atoms. The molecule has 1 fully saturated rings. The van der Waals surface area contributed by atoms with Gasteiger partial charge in [0.25, 0.3) is 0 Å². The van der Waals surface area contributed by atoms with E-state index in [1.807, 2.05) is 17.8 Å². The molecule has 5 heteroatoms. The molecule has 2 heterocycles. The molecule has 84 valence electrons. The van der Waals surface area contributed by atoms with Gasteiger partial charge in [0.2, 0.25) is 0 Å². The summed E-state index contributed by atoms with van der Waals surface area (Å²) in [5, 5.41) is 0. The maximum absolute atomic E-state index is 13.6. The molecule has 1 aliphatic rings. The van der Waals surface area contributed by atoms with Crippen molar-refractivity contribution in [3.05, 3.63) is 28.8 Å². The van der Waals surface area contributed by atoms with Gasteiger partial charge in [-0.2, -0.15) is 11.8 Å². The summed E-state index contributed by atoms with van der Waals surface area (Å²) in [7, 11) is 0. The van der Waals surface area contributed by atoms with Gasteiger partial charge in [0.15, 0.2) is 4.77 Å². The zero-order valence-corrected chi connectivity index (χ0v) is 10.2. The van der Waals surface area contributed by atoms with Crippen molar-refractivity contribution in [1.29, 1.82) is 0 Å². The Bertz CT molecular complexity index is 581. The highest BCUT2D eigenvalue weighted by atomic mass is 32.2. The topological polar surface area (TPSA) is 20.7 Å². The summed E-state index contributed by atoms with van der Waals surface area (Å²) in [4.78, 5) is 2.97. The number of hydrogen-bond acceptors (Lipinski definition) is 2. The maximum atomic E-state index is 13.6. The molecule has 1 aliphatic heterocycles. The van der Waals surface area contributed by atoms with E-state index < -0.39 is 0 Å². The molecule has 16 heavy (non-hydrogen) atoms.